The molecular weight excluding hydrogens is 336 g/mol. The summed E-state index contributed by atoms with van der Waals surface area (Å²) in [5.41, 5.74) is 5.42. The maximum absolute atomic E-state index is 10.7. The molecule has 1 aliphatic carbocycles. The van der Waals surface area contributed by atoms with Crippen molar-refractivity contribution >= 4 is 0 Å². The Morgan fingerprint density at radius 1 is 1.04 bits per heavy atom. The van der Waals surface area contributed by atoms with Crippen LogP contribution in [0.25, 0.3) is 0 Å². The Morgan fingerprint density at radius 3 is 2.41 bits per heavy atom. The lowest BCUT2D eigenvalue weighted by Gasteiger charge is -2.32. The quantitative estimate of drug-likeness (QED) is 0.605. The van der Waals surface area contributed by atoms with Crippen molar-refractivity contribution in [3.05, 3.63) is 76.9 Å². The number of allylic oxidation sites excluding steroid dienone is 3. The summed E-state index contributed by atoms with van der Waals surface area (Å²) in [6.07, 6.45) is 5.80. The van der Waals surface area contributed by atoms with Gasteiger partial charge in [-0.15, -0.1) is 0 Å². The second-order valence-electron chi connectivity index (χ2n) is 7.73. The molecule has 0 amide bonds. The molecule has 2 aromatic rings. The van der Waals surface area contributed by atoms with Crippen LogP contribution in [0.2, 0.25) is 0 Å². The fraction of sp³-hybridized carbons (Fsp3) is 0.333. The second kappa shape index (κ2) is 7.91. The topological polar surface area (TPSA) is 60.7 Å². The van der Waals surface area contributed by atoms with Crippen LogP contribution < -0.4 is 0 Å². The van der Waals surface area contributed by atoms with Crippen molar-refractivity contribution in [1.82, 2.24) is 0 Å². The first kappa shape index (κ1) is 19.1. The Labute approximate surface area is 161 Å². The normalized spacial score (nSPS) is 19.6. The average molecular weight is 364 g/mol. The highest BCUT2D eigenvalue weighted by atomic mass is 16.3. The summed E-state index contributed by atoms with van der Waals surface area (Å²) in [5.74, 6) is 0.850. The Hall–Kier alpha value is -2.68. The number of hydrogen-bond donors (Lipinski definition) is 3. The van der Waals surface area contributed by atoms with Crippen molar-refractivity contribution in [2.24, 2.45) is 5.92 Å². The van der Waals surface area contributed by atoms with E-state index in [9.17, 15) is 15.3 Å². The van der Waals surface area contributed by atoms with Crippen LogP contribution >= 0.6 is 0 Å². The Bertz CT molecular complexity index is 862. The van der Waals surface area contributed by atoms with E-state index in [1.807, 2.05) is 12.1 Å². The van der Waals surface area contributed by atoms with Gasteiger partial charge in [0.15, 0.2) is 0 Å². The van der Waals surface area contributed by atoms with Crippen molar-refractivity contribution in [2.45, 2.75) is 45.4 Å². The zero-order chi connectivity index (χ0) is 19.6. The van der Waals surface area contributed by atoms with Gasteiger partial charge < -0.3 is 15.3 Å². The van der Waals surface area contributed by atoms with Gasteiger partial charge in [0, 0.05) is 17.5 Å². The van der Waals surface area contributed by atoms with E-state index >= 15 is 0 Å². The van der Waals surface area contributed by atoms with Gasteiger partial charge >= 0.3 is 0 Å². The monoisotopic (exact) mass is 364 g/mol. The molecule has 27 heavy (non-hydrogen) atoms. The van der Waals surface area contributed by atoms with Gasteiger partial charge in [-0.05, 0) is 74.8 Å². The third-order valence-electron chi connectivity index (χ3n) is 5.56. The highest BCUT2D eigenvalue weighted by Crippen LogP contribution is 2.45. The number of phenolic OH excluding ortho intramolecular Hbond substituents is 3. The fourth-order valence-electron chi connectivity index (χ4n) is 4.12. The fourth-order valence-corrected chi connectivity index (χ4v) is 4.12. The van der Waals surface area contributed by atoms with E-state index in [0.717, 1.165) is 41.5 Å². The summed E-state index contributed by atoms with van der Waals surface area (Å²) < 4.78 is 0. The predicted octanol–water partition coefficient (Wildman–Crippen LogP) is 5.60. The lowest BCUT2D eigenvalue weighted by molar-refractivity contribution is 0.423. The molecule has 0 fully saturated rings. The zero-order valence-electron chi connectivity index (χ0n) is 16.1. The minimum Gasteiger partial charge on any atom is -0.508 e. The molecule has 3 N–H and O–H groups in total. The summed E-state index contributed by atoms with van der Waals surface area (Å²) in [6.45, 7) is 8.36. The first-order valence-electron chi connectivity index (χ1n) is 9.50. The van der Waals surface area contributed by atoms with Crippen LogP contribution in [0.1, 0.15) is 49.3 Å². The molecule has 3 heteroatoms. The first-order valence-corrected chi connectivity index (χ1v) is 9.50. The van der Waals surface area contributed by atoms with E-state index in [4.69, 9.17) is 0 Å². The Morgan fingerprint density at radius 2 is 1.74 bits per heavy atom. The molecule has 3 rings (SSSR count). The molecule has 0 saturated carbocycles. The molecule has 2 aromatic carbocycles. The molecule has 0 heterocycles. The number of rotatable bonds is 5. The van der Waals surface area contributed by atoms with Gasteiger partial charge in [-0.1, -0.05) is 35.9 Å². The number of aromatic hydroxyl groups is 3. The van der Waals surface area contributed by atoms with Gasteiger partial charge in [0.25, 0.3) is 0 Å². The minimum absolute atomic E-state index is 0.0756. The van der Waals surface area contributed by atoms with Crippen LogP contribution in [0.4, 0.5) is 0 Å². The number of benzene rings is 2. The van der Waals surface area contributed by atoms with Crippen LogP contribution in [-0.4, -0.2) is 15.3 Å². The smallest absolute Gasteiger partial charge is 0.123 e. The number of hydrogen-bond acceptors (Lipinski definition) is 3. The molecule has 0 aliphatic heterocycles. The van der Waals surface area contributed by atoms with Crippen molar-refractivity contribution in [3.63, 3.8) is 0 Å². The largest absolute Gasteiger partial charge is 0.508 e. The molecule has 142 valence electrons. The van der Waals surface area contributed by atoms with Gasteiger partial charge in [0.2, 0.25) is 0 Å². The predicted molar refractivity (Wildman–Crippen MR) is 109 cm³/mol. The standard InChI is InChI=1S/C24H28O3/c1-15(2)21-11-4-16(3)12-22(21)24-18(13-20(26)14-23(24)27)8-5-17-6-9-19(25)10-7-17/h6-7,9-10,12-14,21-22,25-27H,1,4-5,8,11H2,2-3H3/t21-,22+/m1/s1. The summed E-state index contributed by atoms with van der Waals surface area (Å²) in [6, 6.07) is 10.4. The lowest BCUT2D eigenvalue weighted by Crippen LogP contribution is -2.18. The summed E-state index contributed by atoms with van der Waals surface area (Å²) in [7, 11) is 0. The van der Waals surface area contributed by atoms with Gasteiger partial charge in [-0.2, -0.15) is 0 Å². The minimum atomic E-state index is 0.0756. The van der Waals surface area contributed by atoms with E-state index in [0.29, 0.717) is 6.42 Å². The van der Waals surface area contributed by atoms with Gasteiger partial charge in [-0.25, -0.2) is 0 Å². The highest BCUT2D eigenvalue weighted by Gasteiger charge is 2.29. The molecule has 0 bridgehead atoms. The van der Waals surface area contributed by atoms with E-state index in [1.54, 1.807) is 18.2 Å². The number of aryl methyl sites for hydroxylation is 2. The summed E-state index contributed by atoms with van der Waals surface area (Å²) in [5, 5.41) is 30.2. The maximum Gasteiger partial charge on any atom is 0.123 e. The third-order valence-corrected chi connectivity index (χ3v) is 5.56. The van der Waals surface area contributed by atoms with Gasteiger partial charge in [0.05, 0.1) is 0 Å². The van der Waals surface area contributed by atoms with Crippen LogP contribution in [0.3, 0.4) is 0 Å². The van der Waals surface area contributed by atoms with Gasteiger partial charge in [0.1, 0.15) is 17.2 Å². The van der Waals surface area contributed by atoms with E-state index in [-0.39, 0.29) is 29.1 Å². The zero-order valence-corrected chi connectivity index (χ0v) is 16.1. The molecule has 0 unspecified atom stereocenters. The van der Waals surface area contributed by atoms with Crippen LogP contribution in [-0.2, 0) is 12.8 Å². The van der Waals surface area contributed by atoms with Crippen molar-refractivity contribution in [3.8, 4) is 17.2 Å². The molecule has 3 nitrogen and oxygen atoms in total. The molecule has 1 aliphatic rings. The Balaban J connectivity index is 1.97. The number of phenols is 3. The van der Waals surface area contributed by atoms with Crippen molar-refractivity contribution in [2.75, 3.05) is 0 Å². The van der Waals surface area contributed by atoms with Crippen molar-refractivity contribution < 1.29 is 15.3 Å². The molecular formula is C24H28O3. The molecule has 0 spiro atoms. The van der Waals surface area contributed by atoms with E-state index in [2.05, 4.69) is 26.5 Å². The summed E-state index contributed by atoms with van der Waals surface area (Å²) in [4.78, 5) is 0. The van der Waals surface area contributed by atoms with Crippen LogP contribution in [0.5, 0.6) is 17.2 Å². The van der Waals surface area contributed by atoms with Crippen molar-refractivity contribution in [1.29, 1.82) is 0 Å². The molecule has 0 aromatic heterocycles. The molecule has 2 atom stereocenters. The molecule has 0 radical (unpaired) electrons. The lowest BCUT2D eigenvalue weighted by atomic mass is 9.72. The van der Waals surface area contributed by atoms with E-state index in [1.165, 1.54) is 11.6 Å². The average Bonchev–Trinajstić information content (AvgIpc) is 2.60. The highest BCUT2D eigenvalue weighted by molar-refractivity contribution is 5.50. The van der Waals surface area contributed by atoms with E-state index < -0.39 is 0 Å². The van der Waals surface area contributed by atoms with Crippen LogP contribution in [0.15, 0.2) is 60.2 Å². The first-order chi connectivity index (χ1) is 12.8. The SMILES string of the molecule is C=C(C)[C@H]1CCC(C)=C[C@@H]1c1c(O)cc(O)cc1CCc1ccc(O)cc1. The van der Waals surface area contributed by atoms with Gasteiger partial charge in [-0.3, -0.25) is 0 Å². The third kappa shape index (κ3) is 4.36. The summed E-state index contributed by atoms with van der Waals surface area (Å²) >= 11 is 0. The van der Waals surface area contributed by atoms with Crippen LogP contribution in [0, 0.1) is 5.92 Å². The second-order valence-corrected chi connectivity index (χ2v) is 7.73. The Kier molecular flexibility index (Phi) is 5.59. The molecule has 0 saturated heterocycles. The maximum atomic E-state index is 10.7.